The lowest BCUT2D eigenvalue weighted by Crippen LogP contribution is -2.32. The molecule has 0 atom stereocenters. The van der Waals surface area contributed by atoms with E-state index in [1.807, 2.05) is 43.0 Å². The number of hydrogen-bond donors (Lipinski definition) is 2. The molecule has 2 aromatic rings. The van der Waals surface area contributed by atoms with E-state index < -0.39 is 0 Å². The molecule has 7 heteroatoms. The fraction of sp³-hybridized carbons (Fsp3) is 0.381. The molecule has 1 amide bonds. The predicted molar refractivity (Wildman–Crippen MR) is 126 cm³/mol. The number of nitrogens with zero attached hydrogens (tertiary/aromatic N) is 1. The van der Waals surface area contributed by atoms with Gasteiger partial charge in [0.2, 0.25) is 5.91 Å². The van der Waals surface area contributed by atoms with Crippen LogP contribution in [0.5, 0.6) is 0 Å². The lowest BCUT2D eigenvalue weighted by molar-refractivity contribution is -0.116. The maximum Gasteiger partial charge on any atom is 0.224 e. The molecule has 1 aliphatic heterocycles. The van der Waals surface area contributed by atoms with Gasteiger partial charge >= 0.3 is 0 Å². The Morgan fingerprint density at radius 2 is 1.86 bits per heavy atom. The van der Waals surface area contributed by atoms with Crippen molar-refractivity contribution in [3.8, 4) is 0 Å². The van der Waals surface area contributed by atoms with Gasteiger partial charge in [0.15, 0.2) is 0 Å². The molecular weight excluding hydrogens is 413 g/mol. The molecule has 1 saturated heterocycles. The Hall–Kier alpha value is -1.40. The van der Waals surface area contributed by atoms with Gasteiger partial charge in [0.1, 0.15) is 0 Å². The number of benzene rings is 2. The number of nitrogen functional groups attached to an aromatic ring is 1. The van der Waals surface area contributed by atoms with E-state index in [1.165, 1.54) is 17.1 Å². The van der Waals surface area contributed by atoms with Gasteiger partial charge in [-0.15, -0.1) is 24.8 Å². The van der Waals surface area contributed by atoms with Crippen LogP contribution in [-0.4, -0.2) is 35.4 Å². The molecule has 0 aliphatic carbocycles. The summed E-state index contributed by atoms with van der Waals surface area (Å²) in [6, 6.07) is 14.1. The summed E-state index contributed by atoms with van der Waals surface area (Å²) in [7, 11) is 0. The smallest absolute Gasteiger partial charge is 0.224 e. The van der Waals surface area contributed by atoms with Gasteiger partial charge < -0.3 is 11.1 Å². The van der Waals surface area contributed by atoms with Crippen LogP contribution in [0.15, 0.2) is 42.5 Å². The monoisotopic (exact) mass is 441 g/mol. The number of para-hydroxylation sites is 1. The second kappa shape index (κ2) is 12.2. The first-order valence-electron chi connectivity index (χ1n) is 9.14. The van der Waals surface area contributed by atoms with Crippen molar-refractivity contribution in [2.45, 2.75) is 26.3 Å². The summed E-state index contributed by atoms with van der Waals surface area (Å²) in [6.45, 7) is 5.26. The number of carbonyl (C=O) groups excluding carboxylic acids is 1. The molecule has 0 aromatic heterocycles. The molecule has 1 heterocycles. The van der Waals surface area contributed by atoms with Gasteiger partial charge in [-0.3, -0.25) is 9.69 Å². The Bertz CT molecular complexity index is 767. The van der Waals surface area contributed by atoms with Crippen molar-refractivity contribution in [1.29, 1.82) is 0 Å². The van der Waals surface area contributed by atoms with Crippen molar-refractivity contribution in [3.63, 3.8) is 0 Å². The first-order chi connectivity index (χ1) is 12.6. The van der Waals surface area contributed by atoms with E-state index in [0.29, 0.717) is 12.8 Å². The summed E-state index contributed by atoms with van der Waals surface area (Å²) in [4.78, 5) is 14.9. The molecule has 4 nitrogen and oxygen atoms in total. The van der Waals surface area contributed by atoms with E-state index >= 15 is 0 Å². The number of carbonyl (C=O) groups is 1. The van der Waals surface area contributed by atoms with Crippen LogP contribution in [0, 0.1) is 6.92 Å². The van der Waals surface area contributed by atoms with E-state index in [-0.39, 0.29) is 30.7 Å². The molecule has 0 radical (unpaired) electrons. The fourth-order valence-corrected chi connectivity index (χ4v) is 4.12. The zero-order valence-electron chi connectivity index (χ0n) is 16.1. The quantitative estimate of drug-likeness (QED) is 0.645. The van der Waals surface area contributed by atoms with E-state index in [0.717, 1.165) is 42.1 Å². The third-order valence-electron chi connectivity index (χ3n) is 4.76. The summed E-state index contributed by atoms with van der Waals surface area (Å²) < 4.78 is 0. The highest BCUT2D eigenvalue weighted by atomic mass is 35.5. The molecular formula is C21H29Cl2N3OS. The molecule has 0 unspecified atom stereocenters. The zero-order chi connectivity index (χ0) is 18.4. The molecule has 1 aliphatic rings. The highest BCUT2D eigenvalue weighted by molar-refractivity contribution is 7.99. The Morgan fingerprint density at radius 1 is 1.14 bits per heavy atom. The SMILES string of the molecule is Cc1ccc(CN2CCSCC2)cc1NC(=O)CCc1ccccc1N.Cl.Cl. The number of anilines is 2. The minimum absolute atomic E-state index is 0. The Balaban J connectivity index is 0.00000196. The van der Waals surface area contributed by atoms with Crippen LogP contribution in [0.2, 0.25) is 0 Å². The second-order valence-corrected chi connectivity index (χ2v) is 8.01. The van der Waals surface area contributed by atoms with Crippen molar-refractivity contribution in [3.05, 3.63) is 59.2 Å². The average molecular weight is 442 g/mol. The number of nitrogens with one attached hydrogen (secondary N) is 1. The summed E-state index contributed by atoms with van der Waals surface area (Å²) >= 11 is 2.02. The maximum atomic E-state index is 12.4. The van der Waals surface area contributed by atoms with Crippen LogP contribution in [0.1, 0.15) is 23.1 Å². The summed E-state index contributed by atoms with van der Waals surface area (Å²) in [5.74, 6) is 2.44. The van der Waals surface area contributed by atoms with Crippen LogP contribution < -0.4 is 11.1 Å². The minimum Gasteiger partial charge on any atom is -0.399 e. The number of hydrogen-bond acceptors (Lipinski definition) is 4. The second-order valence-electron chi connectivity index (χ2n) is 6.78. The average Bonchev–Trinajstić information content (AvgIpc) is 2.65. The van der Waals surface area contributed by atoms with Crippen LogP contribution >= 0.6 is 36.6 Å². The lowest BCUT2D eigenvalue weighted by Gasteiger charge is -2.26. The minimum atomic E-state index is 0. The first kappa shape index (κ1) is 24.6. The topological polar surface area (TPSA) is 58.4 Å². The van der Waals surface area contributed by atoms with Gasteiger partial charge in [0.25, 0.3) is 0 Å². The third-order valence-corrected chi connectivity index (χ3v) is 5.70. The standard InChI is InChI=1S/C21H27N3OS.2ClH/c1-16-6-7-17(15-24-10-12-26-13-11-24)14-20(16)23-21(25)9-8-18-4-2-3-5-19(18)22;;/h2-7,14H,8-13,15,22H2,1H3,(H,23,25);2*1H. The predicted octanol–water partition coefficient (Wildman–Crippen LogP) is 4.54. The van der Waals surface area contributed by atoms with E-state index in [1.54, 1.807) is 0 Å². The summed E-state index contributed by atoms with van der Waals surface area (Å²) in [6.07, 6.45) is 1.09. The number of thioether (sulfide) groups is 1. The summed E-state index contributed by atoms with van der Waals surface area (Å²) in [5.41, 5.74) is 11.0. The largest absolute Gasteiger partial charge is 0.399 e. The Kier molecular flexibility index (Phi) is 10.8. The van der Waals surface area contributed by atoms with Crippen molar-refractivity contribution >= 4 is 53.9 Å². The third kappa shape index (κ3) is 7.21. The number of rotatable bonds is 6. The Morgan fingerprint density at radius 3 is 2.57 bits per heavy atom. The molecule has 1 fully saturated rings. The fourth-order valence-electron chi connectivity index (χ4n) is 3.14. The molecule has 0 spiro atoms. The molecule has 3 N–H and O–H groups in total. The van der Waals surface area contributed by atoms with Crippen LogP contribution in [0.3, 0.4) is 0 Å². The molecule has 0 bridgehead atoms. The molecule has 28 heavy (non-hydrogen) atoms. The van der Waals surface area contributed by atoms with E-state index in [4.69, 9.17) is 5.73 Å². The number of halogens is 2. The molecule has 154 valence electrons. The van der Waals surface area contributed by atoms with Crippen LogP contribution in [-0.2, 0) is 17.8 Å². The number of amides is 1. The van der Waals surface area contributed by atoms with Crippen molar-refractivity contribution in [2.24, 2.45) is 0 Å². The Labute approximate surface area is 184 Å². The highest BCUT2D eigenvalue weighted by Crippen LogP contribution is 2.20. The van der Waals surface area contributed by atoms with Gasteiger partial charge in [-0.05, 0) is 42.2 Å². The van der Waals surface area contributed by atoms with E-state index in [9.17, 15) is 4.79 Å². The van der Waals surface area contributed by atoms with Gasteiger partial charge in [-0.1, -0.05) is 30.3 Å². The number of aryl methyl sites for hydroxylation is 2. The van der Waals surface area contributed by atoms with Crippen molar-refractivity contribution < 1.29 is 4.79 Å². The first-order valence-corrected chi connectivity index (χ1v) is 10.3. The van der Waals surface area contributed by atoms with Crippen molar-refractivity contribution in [2.75, 3.05) is 35.6 Å². The highest BCUT2D eigenvalue weighted by Gasteiger charge is 2.12. The molecule has 2 aromatic carbocycles. The van der Waals surface area contributed by atoms with Gasteiger partial charge in [-0.2, -0.15) is 11.8 Å². The van der Waals surface area contributed by atoms with Gasteiger partial charge in [0, 0.05) is 48.9 Å². The van der Waals surface area contributed by atoms with Crippen LogP contribution in [0.4, 0.5) is 11.4 Å². The molecule has 0 saturated carbocycles. The van der Waals surface area contributed by atoms with Gasteiger partial charge in [-0.25, -0.2) is 0 Å². The molecule has 3 rings (SSSR count). The number of nitrogens with two attached hydrogens (primary N) is 1. The zero-order valence-corrected chi connectivity index (χ0v) is 18.6. The lowest BCUT2D eigenvalue weighted by atomic mass is 10.1. The summed E-state index contributed by atoms with van der Waals surface area (Å²) in [5, 5.41) is 3.08. The maximum absolute atomic E-state index is 12.4. The normalized spacial score (nSPS) is 13.9. The van der Waals surface area contributed by atoms with E-state index in [2.05, 4.69) is 28.4 Å². The van der Waals surface area contributed by atoms with Crippen LogP contribution in [0.25, 0.3) is 0 Å². The van der Waals surface area contributed by atoms with Gasteiger partial charge in [0.05, 0.1) is 0 Å². The van der Waals surface area contributed by atoms with Crippen molar-refractivity contribution in [1.82, 2.24) is 4.90 Å².